The molecule has 0 radical (unpaired) electrons. The van der Waals surface area contributed by atoms with Gasteiger partial charge < -0.3 is 34.9 Å². The number of amides is 7. The maximum atomic E-state index is 13.6. The van der Waals surface area contributed by atoms with E-state index in [-0.39, 0.29) is 67.9 Å². The van der Waals surface area contributed by atoms with Gasteiger partial charge in [-0.05, 0) is 69.2 Å². The fourth-order valence-electron chi connectivity index (χ4n) is 7.59. The lowest BCUT2D eigenvalue weighted by Crippen LogP contribution is -2.54. The summed E-state index contributed by atoms with van der Waals surface area (Å²) < 4.78 is 13.8. The second kappa shape index (κ2) is 19.0. The summed E-state index contributed by atoms with van der Waals surface area (Å²) in [6, 6.07) is 21.1. The summed E-state index contributed by atoms with van der Waals surface area (Å²) in [5, 5.41) is 12.9. The Bertz CT molecular complexity index is 2630. The molecule has 2 fully saturated rings. The Labute approximate surface area is 378 Å². The zero-order chi connectivity index (χ0) is 45.8. The molecule has 0 bridgehead atoms. The van der Waals surface area contributed by atoms with Crippen molar-refractivity contribution < 1.29 is 43.0 Å². The Kier molecular flexibility index (Phi) is 13.0. The summed E-state index contributed by atoms with van der Waals surface area (Å²) in [7, 11) is 0. The van der Waals surface area contributed by atoms with Gasteiger partial charge in [0.15, 0.2) is 5.13 Å². The predicted molar refractivity (Wildman–Crippen MR) is 240 cm³/mol. The van der Waals surface area contributed by atoms with Crippen molar-refractivity contribution >= 4 is 63.5 Å². The highest BCUT2D eigenvalue weighted by Crippen LogP contribution is 2.32. The van der Waals surface area contributed by atoms with Crippen molar-refractivity contribution in [2.24, 2.45) is 0 Å². The molecule has 2 atom stereocenters. The van der Waals surface area contributed by atoms with Crippen LogP contribution in [0.4, 0.5) is 10.8 Å². The van der Waals surface area contributed by atoms with Gasteiger partial charge in [-0.2, -0.15) is 0 Å². The van der Waals surface area contributed by atoms with E-state index in [1.807, 2.05) is 72.1 Å². The lowest BCUT2D eigenvalue weighted by atomic mass is 10.0. The van der Waals surface area contributed by atoms with E-state index < -0.39 is 47.5 Å². The molecule has 2 aromatic heterocycles. The van der Waals surface area contributed by atoms with Crippen LogP contribution in [0.15, 0.2) is 96.6 Å². The van der Waals surface area contributed by atoms with Gasteiger partial charge in [-0.15, -0.1) is 11.3 Å². The standard InChI is InChI=1S/C47H48N8O9S/c1-47(2,3)54-19-17-31(22-54)41(58)49-36(42(59)52-46-50-37(27-65-46)29-7-5-4-6-8-29)26-63-25-28-9-11-30(12-10-28)40(57)48-18-20-64-33-23-53(24-33)32-13-14-34-35(21-32)45(62)55(44(34)61)38-15-16-39(56)51-43(38)60/h4-14,17,19,21-22,27,33,36,38H,15-16,18,20,23-26H2,1-3H3,(H,48,57)(H,49,58)(H,50,52,59)(H,51,56,60)/t36-,38?/m0/s1. The van der Waals surface area contributed by atoms with Crippen LogP contribution in [0.25, 0.3) is 11.3 Å². The number of hydrogen-bond acceptors (Lipinski definition) is 12. The third kappa shape index (κ3) is 10.2. The second-order valence-corrected chi connectivity index (χ2v) is 17.8. The van der Waals surface area contributed by atoms with Crippen LogP contribution in [0.5, 0.6) is 0 Å². The van der Waals surface area contributed by atoms with Gasteiger partial charge in [-0.1, -0.05) is 42.5 Å². The third-order valence-corrected chi connectivity index (χ3v) is 12.1. The molecule has 0 saturated carbocycles. The fraction of sp³-hybridized carbons (Fsp3) is 0.319. The van der Waals surface area contributed by atoms with Gasteiger partial charge in [-0.25, -0.2) is 4.98 Å². The monoisotopic (exact) mass is 900 g/mol. The van der Waals surface area contributed by atoms with Crippen LogP contribution in [-0.4, -0.2) is 107 Å². The number of benzene rings is 3. The largest absolute Gasteiger partial charge is 0.374 e. The van der Waals surface area contributed by atoms with Crippen LogP contribution in [0.1, 0.15) is 80.6 Å². The molecule has 8 rings (SSSR count). The highest BCUT2D eigenvalue weighted by molar-refractivity contribution is 7.14. The molecule has 3 aliphatic rings. The molecule has 17 nitrogen and oxygen atoms in total. The number of fused-ring (bicyclic) bond motifs is 1. The zero-order valence-electron chi connectivity index (χ0n) is 36.0. The van der Waals surface area contributed by atoms with Crippen molar-refractivity contribution in [2.45, 2.75) is 63.9 Å². The molecule has 336 valence electrons. The summed E-state index contributed by atoms with van der Waals surface area (Å²) in [6.45, 7) is 7.69. The normalized spacial score (nSPS) is 16.8. The molecule has 0 spiro atoms. The van der Waals surface area contributed by atoms with Gasteiger partial charge in [0.05, 0.1) is 48.3 Å². The van der Waals surface area contributed by atoms with Crippen LogP contribution >= 0.6 is 11.3 Å². The Balaban J connectivity index is 0.781. The summed E-state index contributed by atoms with van der Waals surface area (Å²) in [4.78, 5) is 97.5. The Hall–Kier alpha value is -7.02. The minimum atomic E-state index is -1.04. The number of carbonyl (C=O) groups is 7. The average Bonchev–Trinajstić information content (AvgIpc) is 4.02. The lowest BCUT2D eigenvalue weighted by molar-refractivity contribution is -0.136. The molecule has 3 aromatic carbocycles. The number of nitrogens with one attached hydrogen (secondary N) is 4. The molecule has 5 heterocycles. The molecular weight excluding hydrogens is 853 g/mol. The first-order valence-corrected chi connectivity index (χ1v) is 22.1. The fourth-order valence-corrected chi connectivity index (χ4v) is 8.31. The van der Waals surface area contributed by atoms with Crippen LogP contribution in [-0.2, 0) is 36.0 Å². The van der Waals surface area contributed by atoms with Gasteiger partial charge in [0.1, 0.15) is 12.1 Å². The first-order valence-electron chi connectivity index (χ1n) is 21.2. The number of thiazole rings is 1. The second-order valence-electron chi connectivity index (χ2n) is 16.9. The topological polar surface area (TPSA) is 210 Å². The quantitative estimate of drug-likeness (QED) is 0.0808. The van der Waals surface area contributed by atoms with Crippen molar-refractivity contribution in [2.75, 3.05) is 43.1 Å². The van der Waals surface area contributed by atoms with E-state index >= 15 is 0 Å². The molecule has 2 saturated heterocycles. The summed E-state index contributed by atoms with van der Waals surface area (Å²) in [6.07, 6.45) is 3.59. The van der Waals surface area contributed by atoms with E-state index in [2.05, 4.69) is 26.3 Å². The van der Waals surface area contributed by atoms with E-state index in [1.54, 1.807) is 54.7 Å². The van der Waals surface area contributed by atoms with E-state index in [0.717, 1.165) is 27.4 Å². The highest BCUT2D eigenvalue weighted by Gasteiger charge is 2.45. The van der Waals surface area contributed by atoms with E-state index in [1.165, 1.54) is 11.3 Å². The molecule has 7 amide bonds. The molecular formula is C47H48N8O9S. The first kappa shape index (κ1) is 44.6. The Morgan fingerprint density at radius 2 is 1.66 bits per heavy atom. The molecule has 5 aromatic rings. The number of piperidine rings is 1. The minimum Gasteiger partial charge on any atom is -0.374 e. The van der Waals surface area contributed by atoms with Gasteiger partial charge >= 0.3 is 0 Å². The number of ether oxygens (including phenoxy) is 2. The van der Waals surface area contributed by atoms with E-state index in [0.29, 0.717) is 29.3 Å². The maximum absolute atomic E-state index is 13.6. The molecule has 1 unspecified atom stereocenters. The number of rotatable bonds is 16. The number of aromatic nitrogens is 2. The highest BCUT2D eigenvalue weighted by atomic mass is 32.1. The number of carbonyl (C=O) groups excluding carboxylic acids is 7. The summed E-state index contributed by atoms with van der Waals surface area (Å²) in [5.41, 5.74) is 4.17. The maximum Gasteiger partial charge on any atom is 0.262 e. The van der Waals surface area contributed by atoms with Gasteiger partial charge in [0.2, 0.25) is 11.8 Å². The molecule has 4 N–H and O–H groups in total. The van der Waals surface area contributed by atoms with Crippen molar-refractivity contribution in [3.8, 4) is 11.3 Å². The van der Waals surface area contributed by atoms with Crippen molar-refractivity contribution in [3.05, 3.63) is 124 Å². The molecule has 3 aliphatic heterocycles. The molecule has 0 aliphatic carbocycles. The SMILES string of the molecule is CC(C)(C)n1ccc(C(=O)N[C@@H](COCc2ccc(C(=O)NCCOC3CN(c4ccc5c(c4)C(=O)N(C4CCC(=O)NC4=O)C5=O)C3)cc2)C(=O)Nc2nc(-c3ccccc3)cs2)c1. The van der Waals surface area contributed by atoms with E-state index in [4.69, 9.17) is 9.47 Å². The minimum absolute atomic E-state index is 0.0512. The zero-order valence-corrected chi connectivity index (χ0v) is 36.8. The number of nitrogens with zero attached hydrogens (tertiary/aromatic N) is 4. The Morgan fingerprint density at radius 3 is 2.38 bits per heavy atom. The lowest BCUT2D eigenvalue weighted by Gasteiger charge is -2.40. The van der Waals surface area contributed by atoms with Crippen molar-refractivity contribution in [3.63, 3.8) is 0 Å². The molecule has 65 heavy (non-hydrogen) atoms. The number of imide groups is 2. The predicted octanol–water partition coefficient (Wildman–Crippen LogP) is 4.36. The van der Waals surface area contributed by atoms with Gasteiger partial charge in [-0.3, -0.25) is 43.8 Å². The number of anilines is 2. The first-order chi connectivity index (χ1) is 31.2. The Morgan fingerprint density at radius 1 is 0.908 bits per heavy atom. The van der Waals surface area contributed by atoms with Crippen molar-refractivity contribution in [1.82, 2.24) is 30.4 Å². The van der Waals surface area contributed by atoms with Crippen LogP contribution in [0, 0.1) is 0 Å². The average molecular weight is 901 g/mol. The van der Waals surface area contributed by atoms with Crippen LogP contribution < -0.4 is 26.2 Å². The van der Waals surface area contributed by atoms with Crippen LogP contribution in [0.2, 0.25) is 0 Å². The van der Waals surface area contributed by atoms with Gasteiger partial charge in [0.25, 0.3) is 29.5 Å². The number of hydrogen-bond donors (Lipinski definition) is 4. The summed E-state index contributed by atoms with van der Waals surface area (Å²) >= 11 is 1.28. The van der Waals surface area contributed by atoms with Gasteiger partial charge in [0, 0.05) is 66.2 Å². The van der Waals surface area contributed by atoms with Crippen molar-refractivity contribution in [1.29, 1.82) is 0 Å². The molecule has 18 heteroatoms. The third-order valence-electron chi connectivity index (χ3n) is 11.3. The summed E-state index contributed by atoms with van der Waals surface area (Å²) in [5.74, 6) is -3.38. The van der Waals surface area contributed by atoms with E-state index in [9.17, 15) is 33.6 Å². The smallest absolute Gasteiger partial charge is 0.262 e. The van der Waals surface area contributed by atoms with Crippen LogP contribution in [0.3, 0.4) is 0 Å².